The summed E-state index contributed by atoms with van der Waals surface area (Å²) < 4.78 is 21.9. The largest absolute Gasteiger partial charge is 0.466 e. The molecule has 0 amide bonds. The Kier molecular flexibility index (Phi) is 11.3. The zero-order chi connectivity index (χ0) is 29.0. The summed E-state index contributed by atoms with van der Waals surface area (Å²) in [6.45, 7) is 17.5. The van der Waals surface area contributed by atoms with Gasteiger partial charge in [0.2, 0.25) is 0 Å². The van der Waals surface area contributed by atoms with Crippen LogP contribution in [0.3, 0.4) is 0 Å². The van der Waals surface area contributed by atoms with Crippen molar-refractivity contribution in [2.45, 2.75) is 109 Å². The first-order chi connectivity index (χ1) is 16.7. The van der Waals surface area contributed by atoms with E-state index in [1.54, 1.807) is 13.8 Å². The van der Waals surface area contributed by atoms with E-state index in [9.17, 15) is 24.3 Å². The smallest absolute Gasteiger partial charge is 0.337 e. The van der Waals surface area contributed by atoms with Gasteiger partial charge in [0.15, 0.2) is 26.0 Å². The molecule has 0 spiro atoms. The number of aldehydes is 1. The fourth-order valence-corrected chi connectivity index (χ4v) is 5.80. The molecule has 0 radical (unpaired) electrons. The fourth-order valence-electron chi connectivity index (χ4n) is 5.04. The third-order valence-electron chi connectivity index (χ3n) is 7.51. The lowest BCUT2D eigenvalue weighted by Gasteiger charge is -2.42. The van der Waals surface area contributed by atoms with Crippen LogP contribution in [-0.4, -0.2) is 74.3 Å². The fraction of sp³-hybridized carbons (Fsp3) is 0.815. The molecule has 0 aromatic carbocycles. The lowest BCUT2D eigenvalue weighted by Crippen LogP contribution is -2.55. The summed E-state index contributed by atoms with van der Waals surface area (Å²) in [5, 5.41) is 11.3. The van der Waals surface area contributed by atoms with Gasteiger partial charge in [-0.15, -0.1) is 0 Å². The number of methoxy groups -OCH3 is 2. The Morgan fingerprint density at radius 1 is 1.08 bits per heavy atom. The summed E-state index contributed by atoms with van der Waals surface area (Å²) in [6.07, 6.45) is 0.935. The van der Waals surface area contributed by atoms with Crippen LogP contribution in [0.4, 0.5) is 0 Å². The second-order valence-electron chi connectivity index (χ2n) is 12.4. The minimum Gasteiger partial charge on any atom is -0.466 e. The third kappa shape index (κ3) is 8.45. The van der Waals surface area contributed by atoms with Gasteiger partial charge >= 0.3 is 11.9 Å². The number of hydrogen-bond donors (Lipinski definition) is 2. The molecule has 0 aromatic heterocycles. The molecule has 1 saturated heterocycles. The van der Waals surface area contributed by atoms with E-state index in [4.69, 9.17) is 14.2 Å². The van der Waals surface area contributed by atoms with Crippen LogP contribution >= 0.6 is 0 Å². The lowest BCUT2D eigenvalue weighted by atomic mass is 9.76. The van der Waals surface area contributed by atoms with Crippen LogP contribution in [0.5, 0.6) is 0 Å². The summed E-state index contributed by atoms with van der Waals surface area (Å²) in [6, 6.07) is 0. The first kappa shape index (κ1) is 33.4. The van der Waals surface area contributed by atoms with Crippen molar-refractivity contribution >= 4 is 26.5 Å². The zero-order valence-electron chi connectivity index (χ0n) is 24.4. The summed E-state index contributed by atoms with van der Waals surface area (Å²) in [5.41, 5.74) is -3.16. The number of hydrogen-bond acceptors (Lipinski definition) is 9. The Balaban J connectivity index is 3.72. The van der Waals surface area contributed by atoms with E-state index >= 15 is 0 Å². The van der Waals surface area contributed by atoms with Crippen molar-refractivity contribution in [1.82, 2.24) is 0 Å². The maximum absolute atomic E-state index is 12.7. The molecule has 0 saturated carbocycles. The van der Waals surface area contributed by atoms with E-state index in [0.717, 1.165) is 26.7 Å². The van der Waals surface area contributed by atoms with Gasteiger partial charge in [-0.2, -0.15) is 0 Å². The van der Waals surface area contributed by atoms with E-state index < -0.39 is 54.5 Å². The maximum atomic E-state index is 12.7. The van der Waals surface area contributed by atoms with Crippen molar-refractivity contribution in [2.24, 2.45) is 17.8 Å². The summed E-state index contributed by atoms with van der Waals surface area (Å²) in [5.74, 6) is -2.73. The molecule has 0 aromatic rings. The quantitative estimate of drug-likeness (QED) is 0.154. The molecule has 2 N–H and O–H groups in total. The number of aliphatic hydroxyl groups is 1. The molecular formula is C27H48O9Si. The molecule has 5 atom stereocenters. The number of rotatable bonds is 13. The van der Waals surface area contributed by atoms with Gasteiger partial charge in [0.05, 0.1) is 25.9 Å². The molecule has 1 rings (SSSR count). The topological polar surface area (TPSA) is 129 Å². The van der Waals surface area contributed by atoms with Gasteiger partial charge in [-0.05, 0) is 69.0 Å². The molecule has 10 heteroatoms. The number of ether oxygens (including phenoxy) is 4. The molecular weight excluding hydrogens is 496 g/mol. The van der Waals surface area contributed by atoms with Gasteiger partial charge in [0.1, 0.15) is 6.10 Å². The molecule has 1 heterocycles. The SMILES string of the molecule is COC(=O)/C=C(\C(=O)OC)[C@](O)(C=O)[C@@H]1OC(C)(C)O[C@H]1[C@H](CC(C)CC(C)C)CC(C)(C)[Si](C)(C)O. The Hall–Kier alpha value is -1.59. The van der Waals surface area contributed by atoms with Crippen LogP contribution in [0.1, 0.15) is 67.7 Å². The van der Waals surface area contributed by atoms with E-state index in [1.807, 2.05) is 26.9 Å². The summed E-state index contributed by atoms with van der Waals surface area (Å²) >= 11 is 0. The number of carbonyl (C=O) groups excluding carboxylic acids is 3. The Morgan fingerprint density at radius 3 is 2.08 bits per heavy atom. The minimum atomic E-state index is -2.64. The first-order valence-electron chi connectivity index (χ1n) is 12.9. The van der Waals surface area contributed by atoms with Gasteiger partial charge in [-0.3, -0.25) is 4.79 Å². The van der Waals surface area contributed by atoms with Crippen LogP contribution in [-0.2, 0) is 33.3 Å². The minimum absolute atomic E-state index is 0.186. The Labute approximate surface area is 223 Å². The molecule has 1 aliphatic heterocycles. The molecule has 1 fully saturated rings. The van der Waals surface area contributed by atoms with Crippen molar-refractivity contribution in [3.63, 3.8) is 0 Å². The highest BCUT2D eigenvalue weighted by atomic mass is 28.4. The van der Waals surface area contributed by atoms with Crippen molar-refractivity contribution in [1.29, 1.82) is 0 Å². The van der Waals surface area contributed by atoms with Gasteiger partial charge in [0.25, 0.3) is 0 Å². The van der Waals surface area contributed by atoms with Crippen LogP contribution in [0.2, 0.25) is 18.1 Å². The standard InChI is InChI=1S/C27H48O9Si/c1-17(2)12-18(3)13-19(15-25(4,5)37(10,11)32)22-23(36-26(6,7)35-22)27(31,16-28)20(24(30)34-9)14-21(29)33-8/h14,16-19,22-23,31-32H,12-13,15H2,1-11H3/b20-14+/t18?,19-,22+,23-,27-/m1/s1. The molecule has 1 unspecified atom stereocenters. The Bertz CT molecular complexity index is 843. The highest BCUT2D eigenvalue weighted by Crippen LogP contribution is 2.49. The summed E-state index contributed by atoms with van der Waals surface area (Å²) in [7, 11) is -0.444. The first-order valence-corrected chi connectivity index (χ1v) is 15.8. The van der Waals surface area contributed by atoms with Gasteiger partial charge in [-0.25, -0.2) is 9.59 Å². The average Bonchev–Trinajstić information content (AvgIpc) is 3.10. The van der Waals surface area contributed by atoms with Crippen LogP contribution in [0, 0.1) is 17.8 Å². The predicted octanol–water partition coefficient (Wildman–Crippen LogP) is 3.77. The lowest BCUT2D eigenvalue weighted by molar-refractivity contribution is -0.170. The van der Waals surface area contributed by atoms with E-state index in [1.165, 1.54) is 0 Å². The second-order valence-corrected chi connectivity index (χ2v) is 16.9. The second kappa shape index (κ2) is 12.5. The zero-order valence-corrected chi connectivity index (χ0v) is 25.4. The van der Waals surface area contributed by atoms with Crippen LogP contribution in [0.15, 0.2) is 11.6 Å². The molecule has 214 valence electrons. The highest BCUT2D eigenvalue weighted by molar-refractivity contribution is 6.72. The van der Waals surface area contributed by atoms with Crippen molar-refractivity contribution in [3.05, 3.63) is 11.6 Å². The normalized spacial score (nSPS) is 23.8. The summed E-state index contributed by atoms with van der Waals surface area (Å²) in [4.78, 5) is 48.3. The molecule has 1 aliphatic rings. The van der Waals surface area contributed by atoms with Gasteiger partial charge < -0.3 is 28.8 Å². The number of esters is 2. The Morgan fingerprint density at radius 2 is 1.65 bits per heavy atom. The molecule has 0 bridgehead atoms. The molecule has 9 nitrogen and oxygen atoms in total. The van der Waals surface area contributed by atoms with E-state index in [2.05, 4.69) is 25.5 Å². The predicted molar refractivity (Wildman–Crippen MR) is 142 cm³/mol. The van der Waals surface area contributed by atoms with E-state index in [0.29, 0.717) is 18.8 Å². The number of carbonyl (C=O) groups is 3. The van der Waals surface area contributed by atoms with Crippen LogP contribution < -0.4 is 0 Å². The highest BCUT2D eigenvalue weighted by Gasteiger charge is 2.58. The monoisotopic (exact) mass is 544 g/mol. The van der Waals surface area contributed by atoms with Crippen LogP contribution in [0.25, 0.3) is 0 Å². The van der Waals surface area contributed by atoms with E-state index in [-0.39, 0.29) is 18.1 Å². The maximum Gasteiger partial charge on any atom is 0.337 e. The molecule has 37 heavy (non-hydrogen) atoms. The average molecular weight is 545 g/mol. The third-order valence-corrected chi connectivity index (χ3v) is 11.0. The van der Waals surface area contributed by atoms with Crippen molar-refractivity contribution in [2.75, 3.05) is 14.2 Å². The van der Waals surface area contributed by atoms with Crippen molar-refractivity contribution < 1.29 is 43.2 Å². The molecule has 0 aliphatic carbocycles. The van der Waals surface area contributed by atoms with Gasteiger partial charge in [-0.1, -0.05) is 34.6 Å². The van der Waals surface area contributed by atoms with Gasteiger partial charge in [0, 0.05) is 6.08 Å². The van der Waals surface area contributed by atoms with Crippen molar-refractivity contribution in [3.8, 4) is 0 Å².